The highest BCUT2D eigenvalue weighted by Crippen LogP contribution is 2.40. The number of ether oxygens (including phenoxy) is 1. The Morgan fingerprint density at radius 1 is 1.38 bits per heavy atom. The molecule has 86 valence electrons. The van der Waals surface area contributed by atoms with Crippen LogP contribution in [-0.2, 0) is 11.2 Å². The Labute approximate surface area is 97.0 Å². The average Bonchev–Trinajstić information content (AvgIpc) is 2.67. The summed E-state index contributed by atoms with van der Waals surface area (Å²) < 4.78 is 5.69. The van der Waals surface area contributed by atoms with Crippen LogP contribution in [0.1, 0.15) is 29.9 Å². The van der Waals surface area contributed by atoms with Crippen molar-refractivity contribution in [3.63, 3.8) is 0 Å². The van der Waals surface area contributed by atoms with E-state index in [1.165, 1.54) is 19.3 Å². The molecule has 1 aromatic carbocycles. The second kappa shape index (κ2) is 3.86. The fourth-order valence-electron chi connectivity index (χ4n) is 3.08. The second-order valence-electron chi connectivity index (χ2n) is 5.13. The monoisotopic (exact) mass is 217 g/mol. The fourth-order valence-corrected chi connectivity index (χ4v) is 3.08. The Kier molecular flexibility index (Phi) is 2.49. The minimum atomic E-state index is 0.113. The lowest BCUT2D eigenvalue weighted by molar-refractivity contribution is -0.0616. The van der Waals surface area contributed by atoms with Crippen LogP contribution < -0.4 is 5.32 Å². The van der Waals surface area contributed by atoms with Crippen molar-refractivity contribution >= 4 is 0 Å². The first-order chi connectivity index (χ1) is 7.83. The third kappa shape index (κ3) is 1.57. The van der Waals surface area contributed by atoms with E-state index >= 15 is 0 Å². The molecular formula is C14H19NO. The molecule has 1 saturated heterocycles. The van der Waals surface area contributed by atoms with E-state index in [2.05, 4.69) is 29.6 Å². The van der Waals surface area contributed by atoms with Crippen LogP contribution in [0.4, 0.5) is 0 Å². The first-order valence-electron chi connectivity index (χ1n) is 6.17. The normalized spacial score (nSPS) is 26.2. The first-order valence-corrected chi connectivity index (χ1v) is 6.17. The summed E-state index contributed by atoms with van der Waals surface area (Å²) in [5, 5.41) is 3.33. The van der Waals surface area contributed by atoms with Gasteiger partial charge in [0.25, 0.3) is 0 Å². The van der Waals surface area contributed by atoms with Crippen LogP contribution in [0.2, 0.25) is 0 Å². The SMILES string of the molecule is COC1(CC2CCc3ccccc32)CNC1. The van der Waals surface area contributed by atoms with Crippen LogP contribution in [0.15, 0.2) is 24.3 Å². The summed E-state index contributed by atoms with van der Waals surface area (Å²) in [5.41, 5.74) is 3.22. The van der Waals surface area contributed by atoms with E-state index in [0.717, 1.165) is 13.1 Å². The molecule has 3 rings (SSSR count). The van der Waals surface area contributed by atoms with E-state index in [1.54, 1.807) is 11.1 Å². The molecule has 1 aliphatic heterocycles. The van der Waals surface area contributed by atoms with Gasteiger partial charge in [0, 0.05) is 20.2 Å². The van der Waals surface area contributed by atoms with Gasteiger partial charge in [-0.25, -0.2) is 0 Å². The van der Waals surface area contributed by atoms with Gasteiger partial charge in [-0.2, -0.15) is 0 Å². The number of hydrogen-bond acceptors (Lipinski definition) is 2. The zero-order chi connectivity index (χ0) is 11.0. The molecule has 0 bridgehead atoms. The van der Waals surface area contributed by atoms with Crippen LogP contribution in [0.25, 0.3) is 0 Å². The quantitative estimate of drug-likeness (QED) is 0.837. The molecule has 0 aromatic heterocycles. The molecule has 1 unspecified atom stereocenters. The van der Waals surface area contributed by atoms with Crippen LogP contribution in [-0.4, -0.2) is 25.8 Å². The number of methoxy groups -OCH3 is 1. The Balaban J connectivity index is 1.78. The molecule has 0 radical (unpaired) electrons. The van der Waals surface area contributed by atoms with Gasteiger partial charge in [0.05, 0.1) is 5.60 Å². The molecule has 2 aliphatic rings. The molecule has 0 spiro atoms. The van der Waals surface area contributed by atoms with Crippen LogP contribution >= 0.6 is 0 Å². The molecule has 0 saturated carbocycles. The van der Waals surface area contributed by atoms with E-state index < -0.39 is 0 Å². The summed E-state index contributed by atoms with van der Waals surface area (Å²) in [6.07, 6.45) is 3.71. The zero-order valence-electron chi connectivity index (χ0n) is 9.83. The maximum atomic E-state index is 5.69. The van der Waals surface area contributed by atoms with E-state index in [0.29, 0.717) is 5.92 Å². The van der Waals surface area contributed by atoms with Crippen molar-refractivity contribution in [1.82, 2.24) is 5.32 Å². The molecule has 1 atom stereocenters. The third-order valence-corrected chi connectivity index (χ3v) is 4.20. The van der Waals surface area contributed by atoms with Crippen LogP contribution in [0, 0.1) is 0 Å². The van der Waals surface area contributed by atoms with Gasteiger partial charge in [-0.1, -0.05) is 24.3 Å². The number of nitrogens with one attached hydrogen (secondary N) is 1. The molecule has 2 heteroatoms. The summed E-state index contributed by atoms with van der Waals surface area (Å²) in [4.78, 5) is 0. The maximum Gasteiger partial charge on any atom is 0.0931 e. The summed E-state index contributed by atoms with van der Waals surface area (Å²) in [7, 11) is 1.85. The molecule has 0 amide bonds. The average molecular weight is 217 g/mol. The minimum absolute atomic E-state index is 0.113. The van der Waals surface area contributed by atoms with E-state index in [9.17, 15) is 0 Å². The van der Waals surface area contributed by atoms with Gasteiger partial charge < -0.3 is 10.1 Å². The number of hydrogen-bond donors (Lipinski definition) is 1. The summed E-state index contributed by atoms with van der Waals surface area (Å²) in [5.74, 6) is 0.707. The topological polar surface area (TPSA) is 21.3 Å². The van der Waals surface area contributed by atoms with Crippen LogP contribution in [0.3, 0.4) is 0 Å². The molecular weight excluding hydrogens is 198 g/mol. The van der Waals surface area contributed by atoms with Gasteiger partial charge in [-0.15, -0.1) is 0 Å². The standard InChI is InChI=1S/C14H19NO/c1-16-14(9-15-10-14)8-12-7-6-11-4-2-3-5-13(11)12/h2-5,12,15H,6-10H2,1H3. The Bertz CT molecular complexity index is 379. The van der Waals surface area contributed by atoms with Gasteiger partial charge in [-0.3, -0.25) is 0 Å². The lowest BCUT2D eigenvalue weighted by Crippen LogP contribution is -2.61. The predicted molar refractivity (Wildman–Crippen MR) is 64.7 cm³/mol. The van der Waals surface area contributed by atoms with Gasteiger partial charge in [0.15, 0.2) is 0 Å². The summed E-state index contributed by atoms with van der Waals surface area (Å²) in [6, 6.07) is 8.88. The summed E-state index contributed by atoms with van der Waals surface area (Å²) in [6.45, 7) is 2.03. The molecule has 1 heterocycles. The Hall–Kier alpha value is -0.860. The number of aryl methyl sites for hydroxylation is 1. The third-order valence-electron chi connectivity index (χ3n) is 4.20. The van der Waals surface area contributed by atoms with Crippen molar-refractivity contribution < 1.29 is 4.74 Å². The molecule has 1 aliphatic carbocycles. The van der Waals surface area contributed by atoms with E-state index in [1.807, 2.05) is 7.11 Å². The van der Waals surface area contributed by atoms with E-state index in [-0.39, 0.29) is 5.60 Å². The molecule has 16 heavy (non-hydrogen) atoms. The number of rotatable bonds is 3. The van der Waals surface area contributed by atoms with Gasteiger partial charge in [0.2, 0.25) is 0 Å². The first kappa shape index (κ1) is 10.3. The van der Waals surface area contributed by atoms with Crippen molar-refractivity contribution in [3.05, 3.63) is 35.4 Å². The molecule has 2 nitrogen and oxygen atoms in total. The fraction of sp³-hybridized carbons (Fsp3) is 0.571. The van der Waals surface area contributed by atoms with Gasteiger partial charge in [0.1, 0.15) is 0 Å². The van der Waals surface area contributed by atoms with Crippen molar-refractivity contribution in [2.45, 2.75) is 30.8 Å². The number of benzene rings is 1. The molecule has 1 fully saturated rings. The summed E-state index contributed by atoms with van der Waals surface area (Å²) >= 11 is 0. The lowest BCUT2D eigenvalue weighted by Gasteiger charge is -2.43. The smallest absolute Gasteiger partial charge is 0.0931 e. The lowest BCUT2D eigenvalue weighted by atomic mass is 9.83. The molecule has 1 N–H and O–H groups in total. The largest absolute Gasteiger partial charge is 0.376 e. The zero-order valence-corrected chi connectivity index (χ0v) is 9.83. The van der Waals surface area contributed by atoms with E-state index in [4.69, 9.17) is 4.74 Å². The second-order valence-corrected chi connectivity index (χ2v) is 5.13. The Morgan fingerprint density at radius 3 is 2.88 bits per heavy atom. The maximum absolute atomic E-state index is 5.69. The highest BCUT2D eigenvalue weighted by molar-refractivity contribution is 5.35. The highest BCUT2D eigenvalue weighted by atomic mass is 16.5. The van der Waals surface area contributed by atoms with Crippen molar-refractivity contribution in [3.8, 4) is 0 Å². The van der Waals surface area contributed by atoms with Crippen molar-refractivity contribution in [1.29, 1.82) is 0 Å². The van der Waals surface area contributed by atoms with Crippen molar-refractivity contribution in [2.24, 2.45) is 0 Å². The molecule has 1 aromatic rings. The Morgan fingerprint density at radius 2 is 2.19 bits per heavy atom. The number of fused-ring (bicyclic) bond motifs is 1. The minimum Gasteiger partial charge on any atom is -0.376 e. The highest BCUT2D eigenvalue weighted by Gasteiger charge is 2.40. The van der Waals surface area contributed by atoms with Gasteiger partial charge in [-0.05, 0) is 36.3 Å². The van der Waals surface area contributed by atoms with Crippen molar-refractivity contribution in [2.75, 3.05) is 20.2 Å². The van der Waals surface area contributed by atoms with Crippen LogP contribution in [0.5, 0.6) is 0 Å². The predicted octanol–water partition coefficient (Wildman–Crippen LogP) is 2.09. The van der Waals surface area contributed by atoms with Gasteiger partial charge >= 0.3 is 0 Å².